The molecule has 0 saturated carbocycles. The third-order valence-corrected chi connectivity index (χ3v) is 2.12. The second-order valence-corrected chi connectivity index (χ2v) is 3.57. The van der Waals surface area contributed by atoms with E-state index in [0.717, 1.165) is 16.9 Å². The van der Waals surface area contributed by atoms with E-state index in [9.17, 15) is 8.78 Å². The number of aryl methyl sites for hydroxylation is 1. The zero-order valence-electron chi connectivity index (χ0n) is 8.82. The van der Waals surface area contributed by atoms with Crippen molar-refractivity contribution in [2.24, 2.45) is 0 Å². The molecule has 4 nitrogen and oxygen atoms in total. The summed E-state index contributed by atoms with van der Waals surface area (Å²) in [5.74, 6) is 0. The maximum atomic E-state index is 11.9. The van der Waals surface area contributed by atoms with Gasteiger partial charge in [-0.1, -0.05) is 0 Å². The van der Waals surface area contributed by atoms with Crippen LogP contribution in [0.25, 0.3) is 5.65 Å². The molecule has 0 aromatic carbocycles. The van der Waals surface area contributed by atoms with E-state index in [4.69, 9.17) is 0 Å². The Kier molecular flexibility index (Phi) is 3.09. The minimum absolute atomic E-state index is 0.309. The first-order chi connectivity index (χ1) is 7.65. The number of nitrogens with one attached hydrogen (secondary N) is 1. The highest BCUT2D eigenvalue weighted by Crippen LogP contribution is 2.04. The van der Waals surface area contributed by atoms with Crippen LogP contribution in [0.3, 0.4) is 0 Å². The summed E-state index contributed by atoms with van der Waals surface area (Å²) in [4.78, 5) is 4.17. The molecule has 0 fully saturated rings. The highest BCUT2D eigenvalue weighted by Gasteiger charge is 2.03. The molecule has 86 valence electrons. The molecular formula is C10H12F2N4. The molecule has 0 atom stereocenters. The number of nitrogens with zero attached hydrogens (tertiary/aromatic N) is 3. The van der Waals surface area contributed by atoms with Crippen molar-refractivity contribution in [1.82, 2.24) is 19.9 Å². The lowest BCUT2D eigenvalue weighted by atomic mass is 10.3. The smallest absolute Gasteiger partial charge is 0.250 e. The average Bonchev–Trinajstić information content (AvgIpc) is 2.56. The Morgan fingerprint density at radius 2 is 2.31 bits per heavy atom. The van der Waals surface area contributed by atoms with Crippen LogP contribution in [-0.4, -0.2) is 27.6 Å². The monoisotopic (exact) mass is 226 g/mol. The molecule has 6 heteroatoms. The number of hydrogen-bond acceptors (Lipinski definition) is 3. The zero-order chi connectivity index (χ0) is 11.5. The van der Waals surface area contributed by atoms with Crippen LogP contribution in [0.4, 0.5) is 8.78 Å². The van der Waals surface area contributed by atoms with Crippen molar-refractivity contribution in [3.8, 4) is 0 Å². The molecule has 0 amide bonds. The Morgan fingerprint density at radius 1 is 1.50 bits per heavy atom. The van der Waals surface area contributed by atoms with E-state index in [0.29, 0.717) is 6.54 Å². The Morgan fingerprint density at radius 3 is 3.06 bits per heavy atom. The first-order valence-corrected chi connectivity index (χ1v) is 4.95. The maximum absolute atomic E-state index is 11.9. The number of halogens is 2. The molecule has 0 aliphatic rings. The van der Waals surface area contributed by atoms with E-state index in [2.05, 4.69) is 15.4 Å². The van der Waals surface area contributed by atoms with Crippen molar-refractivity contribution in [2.75, 3.05) is 6.54 Å². The van der Waals surface area contributed by atoms with Gasteiger partial charge in [-0.2, -0.15) is 5.10 Å². The molecule has 0 saturated heterocycles. The van der Waals surface area contributed by atoms with Gasteiger partial charge in [-0.15, -0.1) is 0 Å². The second-order valence-electron chi connectivity index (χ2n) is 3.57. The van der Waals surface area contributed by atoms with E-state index in [1.54, 1.807) is 16.9 Å². The van der Waals surface area contributed by atoms with E-state index in [1.165, 1.54) is 0 Å². The Bertz CT molecular complexity index is 481. The van der Waals surface area contributed by atoms with E-state index in [-0.39, 0.29) is 6.54 Å². The molecule has 2 rings (SSSR count). The van der Waals surface area contributed by atoms with Gasteiger partial charge in [0.25, 0.3) is 6.43 Å². The number of fused-ring (bicyclic) bond motifs is 1. The summed E-state index contributed by atoms with van der Waals surface area (Å²) in [5.41, 5.74) is 2.47. The van der Waals surface area contributed by atoms with Gasteiger partial charge in [0, 0.05) is 30.6 Å². The number of aromatic nitrogens is 3. The first-order valence-electron chi connectivity index (χ1n) is 4.95. The lowest BCUT2D eigenvalue weighted by Crippen LogP contribution is -2.20. The van der Waals surface area contributed by atoms with Crippen LogP contribution in [0.5, 0.6) is 0 Å². The summed E-state index contributed by atoms with van der Waals surface area (Å²) >= 11 is 0. The largest absolute Gasteiger partial charge is 0.307 e. The molecule has 2 heterocycles. The van der Waals surface area contributed by atoms with Crippen molar-refractivity contribution in [3.63, 3.8) is 0 Å². The Labute approximate surface area is 91.3 Å². The number of rotatable bonds is 4. The van der Waals surface area contributed by atoms with Gasteiger partial charge in [-0.25, -0.2) is 18.3 Å². The highest BCUT2D eigenvalue weighted by atomic mass is 19.3. The van der Waals surface area contributed by atoms with Gasteiger partial charge in [0.2, 0.25) is 0 Å². The summed E-state index contributed by atoms with van der Waals surface area (Å²) in [7, 11) is 0. The zero-order valence-corrected chi connectivity index (χ0v) is 8.82. The predicted octanol–water partition coefficient (Wildman–Crippen LogP) is 1.39. The minimum Gasteiger partial charge on any atom is -0.307 e. The van der Waals surface area contributed by atoms with Crippen LogP contribution in [0, 0.1) is 6.92 Å². The summed E-state index contributed by atoms with van der Waals surface area (Å²) in [6.45, 7) is 1.94. The molecule has 0 bridgehead atoms. The lowest BCUT2D eigenvalue weighted by molar-refractivity contribution is 0.145. The first kappa shape index (κ1) is 10.9. The van der Waals surface area contributed by atoms with E-state index in [1.807, 2.05) is 13.0 Å². The van der Waals surface area contributed by atoms with Crippen LogP contribution < -0.4 is 5.32 Å². The van der Waals surface area contributed by atoms with Crippen LogP contribution in [0.2, 0.25) is 0 Å². The minimum atomic E-state index is -2.33. The summed E-state index contributed by atoms with van der Waals surface area (Å²) in [6, 6.07) is 1.86. The molecule has 2 aromatic rings. The fraction of sp³-hybridized carbons (Fsp3) is 0.400. The van der Waals surface area contributed by atoms with Gasteiger partial charge < -0.3 is 5.32 Å². The van der Waals surface area contributed by atoms with Gasteiger partial charge in [-0.3, -0.25) is 0 Å². The van der Waals surface area contributed by atoms with E-state index >= 15 is 0 Å². The lowest BCUT2D eigenvalue weighted by Gasteiger charge is -2.03. The summed E-state index contributed by atoms with van der Waals surface area (Å²) in [5, 5.41) is 6.84. The van der Waals surface area contributed by atoms with Crippen LogP contribution in [0.1, 0.15) is 11.3 Å². The van der Waals surface area contributed by atoms with Gasteiger partial charge in [0.15, 0.2) is 5.65 Å². The Hall–Kier alpha value is -1.56. The van der Waals surface area contributed by atoms with Gasteiger partial charge in [0.1, 0.15) is 0 Å². The van der Waals surface area contributed by atoms with Crippen molar-refractivity contribution in [2.45, 2.75) is 19.9 Å². The van der Waals surface area contributed by atoms with Crippen molar-refractivity contribution < 1.29 is 8.78 Å². The number of hydrogen-bond donors (Lipinski definition) is 1. The van der Waals surface area contributed by atoms with Crippen LogP contribution >= 0.6 is 0 Å². The molecule has 0 aliphatic carbocycles. The molecule has 1 N–H and O–H groups in total. The molecule has 2 aromatic heterocycles. The fourth-order valence-corrected chi connectivity index (χ4v) is 1.45. The molecule has 16 heavy (non-hydrogen) atoms. The molecule has 0 unspecified atom stereocenters. The van der Waals surface area contributed by atoms with Gasteiger partial charge >= 0.3 is 0 Å². The fourth-order valence-electron chi connectivity index (χ4n) is 1.45. The molecule has 0 radical (unpaired) electrons. The normalized spacial score (nSPS) is 11.5. The number of alkyl halides is 2. The van der Waals surface area contributed by atoms with Crippen molar-refractivity contribution in [3.05, 3.63) is 29.7 Å². The highest BCUT2D eigenvalue weighted by molar-refractivity contribution is 5.38. The van der Waals surface area contributed by atoms with E-state index < -0.39 is 6.43 Å². The Balaban J connectivity index is 2.07. The van der Waals surface area contributed by atoms with Crippen LogP contribution in [-0.2, 0) is 6.54 Å². The van der Waals surface area contributed by atoms with Crippen LogP contribution in [0.15, 0.2) is 18.5 Å². The SMILES string of the molecule is Cc1cc2ncc(CNCC(F)F)cn2n1. The van der Waals surface area contributed by atoms with Gasteiger partial charge in [0.05, 0.1) is 12.2 Å². The summed E-state index contributed by atoms with van der Waals surface area (Å²) in [6.07, 6.45) is 1.12. The maximum Gasteiger partial charge on any atom is 0.250 e. The quantitative estimate of drug-likeness (QED) is 0.856. The molecule has 0 spiro atoms. The standard InChI is InChI=1S/C10H12F2N4/c1-7-2-10-14-4-8(6-16(10)15-7)3-13-5-9(11)12/h2,4,6,9,13H,3,5H2,1H3. The molecular weight excluding hydrogens is 214 g/mol. The third-order valence-electron chi connectivity index (χ3n) is 2.12. The summed E-state index contributed by atoms with van der Waals surface area (Å²) < 4.78 is 25.4. The third kappa shape index (κ3) is 2.52. The van der Waals surface area contributed by atoms with Crippen molar-refractivity contribution >= 4 is 5.65 Å². The second kappa shape index (κ2) is 4.52. The average molecular weight is 226 g/mol. The molecule has 0 aliphatic heterocycles. The predicted molar refractivity (Wildman–Crippen MR) is 55.4 cm³/mol. The van der Waals surface area contributed by atoms with Gasteiger partial charge in [-0.05, 0) is 6.92 Å². The topological polar surface area (TPSA) is 42.2 Å². The van der Waals surface area contributed by atoms with Crippen molar-refractivity contribution in [1.29, 1.82) is 0 Å².